The van der Waals surface area contributed by atoms with Gasteiger partial charge in [-0.15, -0.1) is 0 Å². The molecule has 1 aromatic heterocycles. The lowest BCUT2D eigenvalue weighted by atomic mass is 9.97. The van der Waals surface area contributed by atoms with Crippen LogP contribution in [-0.2, 0) is 0 Å². The molecule has 7 heteroatoms. The largest absolute Gasteiger partial charge is 0.396 e. The minimum Gasteiger partial charge on any atom is -0.396 e. The highest BCUT2D eigenvalue weighted by atomic mass is 16.3. The second kappa shape index (κ2) is 9.70. The number of aryl methyl sites for hydroxylation is 1. The molecule has 0 radical (unpaired) electrons. The van der Waals surface area contributed by atoms with E-state index < -0.39 is 0 Å². The number of aliphatic hydroxyl groups is 1. The third-order valence-corrected chi connectivity index (χ3v) is 5.79. The van der Waals surface area contributed by atoms with Crippen molar-refractivity contribution in [2.75, 3.05) is 25.0 Å². The number of benzene rings is 2. The van der Waals surface area contributed by atoms with Crippen LogP contribution in [0, 0.1) is 12.8 Å². The second-order valence-electron chi connectivity index (χ2n) is 8.00. The summed E-state index contributed by atoms with van der Waals surface area (Å²) in [5.41, 5.74) is 3.45. The van der Waals surface area contributed by atoms with E-state index in [2.05, 4.69) is 15.3 Å². The summed E-state index contributed by atoms with van der Waals surface area (Å²) in [6.07, 6.45) is 3.28. The predicted molar refractivity (Wildman–Crippen MR) is 122 cm³/mol. The molecule has 32 heavy (non-hydrogen) atoms. The van der Waals surface area contributed by atoms with Crippen LogP contribution in [0.3, 0.4) is 0 Å². The van der Waals surface area contributed by atoms with Crippen LogP contribution in [0.15, 0.2) is 60.8 Å². The molecule has 3 aromatic rings. The van der Waals surface area contributed by atoms with E-state index in [4.69, 9.17) is 0 Å². The van der Waals surface area contributed by atoms with Gasteiger partial charge in [-0.05, 0) is 49.9 Å². The number of piperidine rings is 1. The van der Waals surface area contributed by atoms with Crippen LogP contribution in [0.5, 0.6) is 0 Å². The molecular formula is C25H26N4O3. The number of aromatic nitrogens is 2. The first-order valence-corrected chi connectivity index (χ1v) is 10.8. The van der Waals surface area contributed by atoms with E-state index in [-0.39, 0.29) is 30.0 Å². The van der Waals surface area contributed by atoms with Gasteiger partial charge in [0.05, 0.1) is 17.6 Å². The number of likely N-dealkylation sites (tertiary alicyclic amines) is 1. The van der Waals surface area contributed by atoms with Gasteiger partial charge in [0, 0.05) is 36.5 Å². The SMILES string of the molecule is Cc1ncc(-c2ccc(C(=O)N3CCC(CO)CC3)cc2)nc1C(=O)Nc1ccccc1. The maximum atomic E-state index is 12.8. The smallest absolute Gasteiger partial charge is 0.276 e. The van der Waals surface area contributed by atoms with Gasteiger partial charge in [-0.3, -0.25) is 14.6 Å². The number of amides is 2. The minimum atomic E-state index is -0.318. The molecule has 1 saturated heterocycles. The Bertz CT molecular complexity index is 1090. The summed E-state index contributed by atoms with van der Waals surface area (Å²) in [5, 5.41) is 12.1. The van der Waals surface area contributed by atoms with Crippen LogP contribution in [0.4, 0.5) is 5.69 Å². The zero-order valence-corrected chi connectivity index (χ0v) is 18.0. The summed E-state index contributed by atoms with van der Waals surface area (Å²) in [5.74, 6) is -0.0400. The van der Waals surface area contributed by atoms with Crippen molar-refractivity contribution in [1.29, 1.82) is 0 Å². The van der Waals surface area contributed by atoms with Crippen molar-refractivity contribution in [3.05, 3.63) is 77.7 Å². The summed E-state index contributed by atoms with van der Waals surface area (Å²) in [6, 6.07) is 16.4. The zero-order valence-electron chi connectivity index (χ0n) is 18.0. The molecule has 0 unspecified atom stereocenters. The van der Waals surface area contributed by atoms with Gasteiger partial charge in [0.1, 0.15) is 5.69 Å². The van der Waals surface area contributed by atoms with Crippen LogP contribution >= 0.6 is 0 Å². The second-order valence-corrected chi connectivity index (χ2v) is 8.00. The van der Waals surface area contributed by atoms with Crippen molar-refractivity contribution >= 4 is 17.5 Å². The molecule has 2 aromatic carbocycles. The number of nitrogens with one attached hydrogen (secondary N) is 1. The van der Waals surface area contributed by atoms with Gasteiger partial charge in [-0.1, -0.05) is 30.3 Å². The Labute approximate surface area is 187 Å². The average molecular weight is 431 g/mol. The quantitative estimate of drug-likeness (QED) is 0.645. The third kappa shape index (κ3) is 4.84. The molecule has 7 nitrogen and oxygen atoms in total. The van der Waals surface area contributed by atoms with E-state index in [1.165, 1.54) is 0 Å². The predicted octanol–water partition coefficient (Wildman–Crippen LogP) is 3.55. The molecule has 2 heterocycles. The number of anilines is 1. The lowest BCUT2D eigenvalue weighted by Gasteiger charge is -2.31. The molecule has 0 saturated carbocycles. The number of rotatable bonds is 5. The molecule has 0 spiro atoms. The van der Waals surface area contributed by atoms with Gasteiger partial charge in [-0.25, -0.2) is 4.98 Å². The molecule has 1 aliphatic heterocycles. The van der Waals surface area contributed by atoms with Crippen molar-refractivity contribution in [2.45, 2.75) is 19.8 Å². The first-order valence-electron chi connectivity index (χ1n) is 10.8. The Morgan fingerprint density at radius 3 is 2.41 bits per heavy atom. The lowest BCUT2D eigenvalue weighted by molar-refractivity contribution is 0.0651. The number of carbonyl (C=O) groups excluding carboxylic acids is 2. The number of para-hydroxylation sites is 1. The van der Waals surface area contributed by atoms with Crippen molar-refractivity contribution in [2.24, 2.45) is 5.92 Å². The fourth-order valence-electron chi connectivity index (χ4n) is 3.80. The first-order chi connectivity index (χ1) is 15.5. The van der Waals surface area contributed by atoms with E-state index in [1.807, 2.05) is 47.4 Å². The lowest BCUT2D eigenvalue weighted by Crippen LogP contribution is -2.39. The van der Waals surface area contributed by atoms with Gasteiger partial charge in [0.2, 0.25) is 0 Å². The minimum absolute atomic E-state index is 0.00846. The molecule has 2 amide bonds. The van der Waals surface area contributed by atoms with Crippen LogP contribution in [0.25, 0.3) is 11.3 Å². The summed E-state index contributed by atoms with van der Waals surface area (Å²) in [7, 11) is 0. The highest BCUT2D eigenvalue weighted by molar-refractivity contribution is 6.03. The summed E-state index contributed by atoms with van der Waals surface area (Å²) in [4.78, 5) is 36.2. The topological polar surface area (TPSA) is 95.4 Å². The number of hydrogen-bond acceptors (Lipinski definition) is 5. The Morgan fingerprint density at radius 2 is 1.75 bits per heavy atom. The normalized spacial score (nSPS) is 14.2. The van der Waals surface area contributed by atoms with Gasteiger partial charge >= 0.3 is 0 Å². The Kier molecular flexibility index (Phi) is 6.56. The molecule has 1 aliphatic rings. The summed E-state index contributed by atoms with van der Waals surface area (Å²) in [6.45, 7) is 3.25. The fraction of sp³-hybridized carbons (Fsp3) is 0.280. The Balaban J connectivity index is 1.49. The number of nitrogens with zero attached hydrogens (tertiary/aromatic N) is 3. The molecule has 1 fully saturated rings. The highest BCUT2D eigenvalue weighted by Gasteiger charge is 2.23. The van der Waals surface area contributed by atoms with Gasteiger partial charge in [-0.2, -0.15) is 0 Å². The van der Waals surface area contributed by atoms with Gasteiger partial charge < -0.3 is 15.3 Å². The van der Waals surface area contributed by atoms with E-state index in [0.29, 0.717) is 35.7 Å². The summed E-state index contributed by atoms with van der Waals surface area (Å²) < 4.78 is 0. The van der Waals surface area contributed by atoms with Crippen molar-refractivity contribution in [3.63, 3.8) is 0 Å². The van der Waals surface area contributed by atoms with Gasteiger partial charge in [0.15, 0.2) is 0 Å². The van der Waals surface area contributed by atoms with E-state index in [0.717, 1.165) is 18.4 Å². The molecule has 0 bridgehead atoms. The Hall–Kier alpha value is -3.58. The molecule has 2 N–H and O–H groups in total. The van der Waals surface area contributed by atoms with E-state index in [9.17, 15) is 14.7 Å². The molecule has 164 valence electrons. The molecule has 0 atom stereocenters. The third-order valence-electron chi connectivity index (χ3n) is 5.79. The van der Waals surface area contributed by atoms with Crippen LogP contribution in [0.1, 0.15) is 39.4 Å². The van der Waals surface area contributed by atoms with E-state index in [1.54, 1.807) is 25.3 Å². The van der Waals surface area contributed by atoms with E-state index >= 15 is 0 Å². The summed E-state index contributed by atoms with van der Waals surface area (Å²) >= 11 is 0. The zero-order chi connectivity index (χ0) is 22.5. The van der Waals surface area contributed by atoms with Crippen LogP contribution in [0.2, 0.25) is 0 Å². The molecular weight excluding hydrogens is 404 g/mol. The van der Waals surface area contributed by atoms with Gasteiger partial charge in [0.25, 0.3) is 11.8 Å². The molecule has 4 rings (SSSR count). The number of hydrogen-bond donors (Lipinski definition) is 2. The molecule has 0 aliphatic carbocycles. The van der Waals surface area contributed by atoms with Crippen molar-refractivity contribution in [1.82, 2.24) is 14.9 Å². The van der Waals surface area contributed by atoms with Crippen molar-refractivity contribution in [3.8, 4) is 11.3 Å². The first kappa shape index (κ1) is 21.6. The standard InChI is InChI=1S/C25H26N4O3/c1-17-23(24(31)27-21-5-3-2-4-6-21)28-22(15-26-17)19-7-9-20(10-8-19)25(32)29-13-11-18(16-30)12-14-29/h2-10,15,18,30H,11-14,16H2,1H3,(H,27,31). The van der Waals surface area contributed by atoms with Crippen LogP contribution in [-0.4, -0.2) is 51.5 Å². The fourth-order valence-corrected chi connectivity index (χ4v) is 3.80. The average Bonchev–Trinajstić information content (AvgIpc) is 2.84. The monoisotopic (exact) mass is 430 g/mol. The maximum Gasteiger partial charge on any atom is 0.276 e. The number of carbonyl (C=O) groups is 2. The maximum absolute atomic E-state index is 12.8. The Morgan fingerprint density at radius 1 is 1.06 bits per heavy atom. The van der Waals surface area contributed by atoms with Crippen molar-refractivity contribution < 1.29 is 14.7 Å². The highest BCUT2D eigenvalue weighted by Crippen LogP contribution is 2.22. The number of aliphatic hydroxyl groups excluding tert-OH is 1. The van der Waals surface area contributed by atoms with Crippen LogP contribution < -0.4 is 5.32 Å².